The molecule has 0 amide bonds. The van der Waals surface area contributed by atoms with E-state index < -0.39 is 33.4 Å². The van der Waals surface area contributed by atoms with Crippen LogP contribution in [0.25, 0.3) is 10.9 Å². The molecule has 0 aliphatic heterocycles. The highest BCUT2D eigenvalue weighted by Crippen LogP contribution is 2.33. The molecule has 5 nitrogen and oxygen atoms in total. The number of hydrogen-bond acceptors (Lipinski definition) is 4. The SMILES string of the molecule is Cc1ccc(C#Cc2ccc(S(=O)(=O)C[C@@H](C(=O)O)[C@H](C)c3c[nH]c4ccccc34)s2)cc1. The van der Waals surface area contributed by atoms with Crippen LogP contribution >= 0.6 is 11.3 Å². The van der Waals surface area contributed by atoms with E-state index in [9.17, 15) is 18.3 Å². The molecule has 168 valence electrons. The fourth-order valence-corrected chi connectivity index (χ4v) is 6.68. The van der Waals surface area contributed by atoms with E-state index in [1.807, 2.05) is 55.5 Å². The van der Waals surface area contributed by atoms with Crippen molar-refractivity contribution in [2.45, 2.75) is 24.0 Å². The molecule has 7 heteroatoms. The zero-order valence-corrected chi connectivity index (χ0v) is 19.8. The van der Waals surface area contributed by atoms with Gasteiger partial charge in [0.1, 0.15) is 4.21 Å². The summed E-state index contributed by atoms with van der Waals surface area (Å²) < 4.78 is 26.3. The summed E-state index contributed by atoms with van der Waals surface area (Å²) in [5, 5.41) is 10.8. The Hall–Kier alpha value is -3.34. The Balaban J connectivity index is 1.56. The Morgan fingerprint density at radius 3 is 2.52 bits per heavy atom. The van der Waals surface area contributed by atoms with E-state index in [0.717, 1.165) is 38.9 Å². The number of aliphatic carboxylic acids is 1. The molecular formula is C26H23NO4S2. The van der Waals surface area contributed by atoms with E-state index in [1.54, 1.807) is 19.2 Å². The van der Waals surface area contributed by atoms with Crippen molar-refractivity contribution in [2.75, 3.05) is 5.75 Å². The average Bonchev–Trinajstić information content (AvgIpc) is 3.44. The van der Waals surface area contributed by atoms with Crippen LogP contribution in [0.5, 0.6) is 0 Å². The smallest absolute Gasteiger partial charge is 0.308 e. The molecule has 0 spiro atoms. The number of carbonyl (C=O) groups is 1. The third kappa shape index (κ3) is 5.03. The molecule has 0 aliphatic rings. The normalized spacial score (nSPS) is 13.3. The van der Waals surface area contributed by atoms with Crippen molar-refractivity contribution in [1.82, 2.24) is 4.98 Å². The molecule has 0 radical (unpaired) electrons. The molecule has 4 aromatic rings. The Morgan fingerprint density at radius 2 is 1.79 bits per heavy atom. The number of hydrogen-bond donors (Lipinski definition) is 2. The van der Waals surface area contributed by atoms with Crippen molar-refractivity contribution in [3.63, 3.8) is 0 Å². The van der Waals surface area contributed by atoms with Crippen LogP contribution < -0.4 is 0 Å². The topological polar surface area (TPSA) is 87.2 Å². The highest BCUT2D eigenvalue weighted by atomic mass is 32.2. The summed E-state index contributed by atoms with van der Waals surface area (Å²) in [5.41, 5.74) is 3.67. The fourth-order valence-electron chi connectivity index (χ4n) is 3.76. The molecule has 2 aromatic heterocycles. The van der Waals surface area contributed by atoms with Gasteiger partial charge in [0.05, 0.1) is 16.5 Å². The van der Waals surface area contributed by atoms with Crippen LogP contribution in [-0.4, -0.2) is 30.2 Å². The summed E-state index contributed by atoms with van der Waals surface area (Å²) in [6, 6.07) is 18.5. The number of rotatable bonds is 6. The summed E-state index contributed by atoms with van der Waals surface area (Å²) in [6.45, 7) is 3.76. The molecular weight excluding hydrogens is 454 g/mol. The number of H-pyrrole nitrogens is 1. The Morgan fingerprint density at radius 1 is 1.06 bits per heavy atom. The number of benzene rings is 2. The van der Waals surface area contributed by atoms with Crippen LogP contribution in [0.15, 0.2) is 71.1 Å². The van der Waals surface area contributed by atoms with Gasteiger partial charge in [-0.05, 0) is 48.7 Å². The number of carboxylic acids is 1. The lowest BCUT2D eigenvalue weighted by atomic mass is 9.88. The van der Waals surface area contributed by atoms with Gasteiger partial charge in [0.25, 0.3) is 0 Å². The molecule has 0 saturated carbocycles. The van der Waals surface area contributed by atoms with E-state index in [1.165, 1.54) is 6.07 Å². The third-order valence-electron chi connectivity index (χ3n) is 5.70. The number of carboxylic acid groups (broad SMARTS) is 1. The molecule has 0 aliphatic carbocycles. The van der Waals surface area contributed by atoms with E-state index >= 15 is 0 Å². The number of aryl methyl sites for hydroxylation is 1. The summed E-state index contributed by atoms with van der Waals surface area (Å²) >= 11 is 1.07. The highest BCUT2D eigenvalue weighted by Gasteiger charge is 2.33. The number of nitrogens with one attached hydrogen (secondary N) is 1. The zero-order valence-electron chi connectivity index (χ0n) is 18.2. The van der Waals surface area contributed by atoms with E-state index in [2.05, 4.69) is 16.8 Å². The average molecular weight is 478 g/mol. The lowest BCUT2D eigenvalue weighted by molar-refractivity contribution is -0.141. The molecule has 33 heavy (non-hydrogen) atoms. The molecule has 0 bridgehead atoms. The van der Waals surface area contributed by atoms with Crippen molar-refractivity contribution >= 4 is 38.0 Å². The Kier molecular flexibility index (Phi) is 6.41. The second-order valence-electron chi connectivity index (χ2n) is 8.04. The molecule has 2 atom stereocenters. The first kappa shape index (κ1) is 22.8. The lowest BCUT2D eigenvalue weighted by Gasteiger charge is -2.19. The standard InChI is InChI=1S/C26H23NO4S2/c1-17-7-9-19(10-8-17)11-12-20-13-14-25(32-20)33(30,31)16-23(26(28)29)18(2)22-15-27-24-6-4-3-5-21(22)24/h3-10,13-15,18,23,27H,16H2,1-2H3,(H,28,29)/t18-,23-/m1/s1. The quantitative estimate of drug-likeness (QED) is 0.373. The van der Waals surface area contributed by atoms with Crippen molar-refractivity contribution in [1.29, 1.82) is 0 Å². The second-order valence-corrected chi connectivity index (χ2v) is 11.4. The maximum absolute atomic E-state index is 13.1. The van der Waals surface area contributed by atoms with Crippen LogP contribution in [0.2, 0.25) is 0 Å². The van der Waals surface area contributed by atoms with Crippen LogP contribution in [0.3, 0.4) is 0 Å². The Bertz CT molecular complexity index is 1470. The van der Waals surface area contributed by atoms with Crippen LogP contribution in [0.4, 0.5) is 0 Å². The minimum Gasteiger partial charge on any atom is -0.481 e. The van der Waals surface area contributed by atoms with E-state index in [4.69, 9.17) is 0 Å². The van der Waals surface area contributed by atoms with Crippen molar-refractivity contribution in [3.8, 4) is 11.8 Å². The number of fused-ring (bicyclic) bond motifs is 1. The fraction of sp³-hybridized carbons (Fsp3) is 0.192. The van der Waals surface area contributed by atoms with Crippen LogP contribution in [0, 0.1) is 24.7 Å². The molecule has 0 saturated heterocycles. The molecule has 0 unspecified atom stereocenters. The van der Waals surface area contributed by atoms with Gasteiger partial charge in [-0.3, -0.25) is 4.79 Å². The minimum absolute atomic E-state index is 0.132. The second kappa shape index (κ2) is 9.26. The lowest BCUT2D eigenvalue weighted by Crippen LogP contribution is -2.28. The van der Waals surface area contributed by atoms with Crippen LogP contribution in [0.1, 0.15) is 34.4 Å². The van der Waals surface area contributed by atoms with Gasteiger partial charge in [0, 0.05) is 22.7 Å². The first-order chi connectivity index (χ1) is 15.7. The largest absolute Gasteiger partial charge is 0.481 e. The zero-order chi connectivity index (χ0) is 23.6. The van der Waals surface area contributed by atoms with Gasteiger partial charge in [-0.25, -0.2) is 8.42 Å². The van der Waals surface area contributed by atoms with Crippen molar-refractivity contribution in [3.05, 3.63) is 88.4 Å². The number of sulfone groups is 1. The van der Waals surface area contributed by atoms with Gasteiger partial charge in [-0.15, -0.1) is 11.3 Å². The number of aromatic nitrogens is 1. The van der Waals surface area contributed by atoms with E-state index in [-0.39, 0.29) is 4.21 Å². The predicted octanol–water partition coefficient (Wildman–Crippen LogP) is 5.22. The third-order valence-corrected chi connectivity index (χ3v) is 9.06. The molecule has 0 fully saturated rings. The first-order valence-corrected chi connectivity index (χ1v) is 12.9. The first-order valence-electron chi connectivity index (χ1n) is 10.4. The van der Waals surface area contributed by atoms with Crippen molar-refractivity contribution < 1.29 is 18.3 Å². The molecule has 4 rings (SSSR count). The number of aromatic amines is 1. The summed E-state index contributed by atoms with van der Waals surface area (Å²) in [4.78, 5) is 15.8. The highest BCUT2D eigenvalue weighted by molar-refractivity contribution is 7.93. The van der Waals surface area contributed by atoms with Gasteiger partial charge >= 0.3 is 5.97 Å². The van der Waals surface area contributed by atoms with Gasteiger partial charge in [0.15, 0.2) is 9.84 Å². The number of thiophene rings is 1. The molecule has 2 aromatic carbocycles. The summed E-state index contributed by atoms with van der Waals surface area (Å²) in [6.07, 6.45) is 1.77. The monoisotopic (exact) mass is 477 g/mol. The summed E-state index contributed by atoms with van der Waals surface area (Å²) in [5.74, 6) is 2.85. The maximum atomic E-state index is 13.1. The van der Waals surface area contributed by atoms with Crippen molar-refractivity contribution in [2.24, 2.45) is 5.92 Å². The van der Waals surface area contributed by atoms with Gasteiger partial charge in [0.2, 0.25) is 0 Å². The van der Waals surface area contributed by atoms with Gasteiger partial charge in [-0.1, -0.05) is 54.7 Å². The minimum atomic E-state index is -3.80. The summed E-state index contributed by atoms with van der Waals surface area (Å²) in [7, 11) is -3.80. The predicted molar refractivity (Wildman–Crippen MR) is 131 cm³/mol. The Labute approximate surface area is 197 Å². The van der Waals surface area contributed by atoms with E-state index in [0.29, 0.717) is 4.88 Å². The molecule has 2 heterocycles. The van der Waals surface area contributed by atoms with Crippen LogP contribution in [-0.2, 0) is 14.6 Å². The maximum Gasteiger partial charge on any atom is 0.308 e. The van der Waals surface area contributed by atoms with Gasteiger partial charge < -0.3 is 10.1 Å². The number of para-hydroxylation sites is 1. The molecule has 2 N–H and O–H groups in total. The van der Waals surface area contributed by atoms with Gasteiger partial charge in [-0.2, -0.15) is 0 Å².